The smallest absolute Gasteiger partial charge is 0.358 e. The van der Waals surface area contributed by atoms with Crippen LogP contribution in [0, 0.1) is 17.6 Å². The minimum Gasteiger partial charge on any atom is -0.423 e. The van der Waals surface area contributed by atoms with Gasteiger partial charge in [-0.25, -0.2) is 4.79 Å². The molecule has 3 aromatic carbocycles. The molecule has 0 bridgehead atoms. The standard InChI is InChI=1S/C24H23I2O2/c1-16-15-21(28-23(27)17-5-9-19(25)10-6-17)13-14-22(16)26-20-11-7-18(8-12-20)24(2,3)4/h5-15H,1-4H3/q+1. The van der Waals surface area contributed by atoms with Gasteiger partial charge < -0.3 is 4.74 Å². The van der Waals surface area contributed by atoms with Crippen LogP contribution >= 0.6 is 22.6 Å². The van der Waals surface area contributed by atoms with E-state index in [2.05, 4.69) is 80.6 Å². The van der Waals surface area contributed by atoms with E-state index in [0.29, 0.717) is 11.3 Å². The average molecular weight is 597 g/mol. The van der Waals surface area contributed by atoms with Crippen LogP contribution in [0.1, 0.15) is 42.3 Å². The molecule has 0 aliphatic heterocycles. The van der Waals surface area contributed by atoms with Crippen LogP contribution < -0.4 is 25.9 Å². The number of ether oxygens (including phenoxy) is 1. The molecule has 144 valence electrons. The van der Waals surface area contributed by atoms with Gasteiger partial charge in [0.25, 0.3) is 0 Å². The molecule has 4 heteroatoms. The largest absolute Gasteiger partial charge is 0.423 e. The first kappa shape index (κ1) is 21.3. The molecule has 2 nitrogen and oxygen atoms in total. The van der Waals surface area contributed by atoms with Crippen molar-refractivity contribution in [1.29, 1.82) is 0 Å². The average Bonchev–Trinajstić information content (AvgIpc) is 2.64. The molecule has 0 aliphatic carbocycles. The van der Waals surface area contributed by atoms with E-state index in [4.69, 9.17) is 4.74 Å². The molecule has 0 radical (unpaired) electrons. The number of carbonyl (C=O) groups excluding carboxylic acids is 1. The SMILES string of the molecule is Cc1cc(OC(=O)c2ccc(I)cc2)ccc1[I+]c1ccc(C(C)(C)C)cc1. The summed E-state index contributed by atoms with van der Waals surface area (Å²) in [6, 6.07) is 22.3. The molecule has 0 spiro atoms. The summed E-state index contributed by atoms with van der Waals surface area (Å²) in [5, 5.41) is 0. The first-order valence-electron chi connectivity index (χ1n) is 9.06. The van der Waals surface area contributed by atoms with Gasteiger partial charge in [0.2, 0.25) is 0 Å². The molecule has 0 N–H and O–H groups in total. The summed E-state index contributed by atoms with van der Waals surface area (Å²) in [5.41, 5.74) is 3.26. The van der Waals surface area contributed by atoms with Gasteiger partial charge in [-0.05, 0) is 95.1 Å². The maximum absolute atomic E-state index is 12.3. The van der Waals surface area contributed by atoms with Crippen LogP contribution in [0.4, 0.5) is 0 Å². The molecule has 0 saturated heterocycles. The summed E-state index contributed by atoms with van der Waals surface area (Å²) in [6.07, 6.45) is 0. The predicted molar refractivity (Wildman–Crippen MR) is 118 cm³/mol. The second-order valence-corrected chi connectivity index (χ2v) is 11.9. The lowest BCUT2D eigenvalue weighted by molar-refractivity contribution is -0.598. The van der Waals surface area contributed by atoms with E-state index in [1.165, 1.54) is 18.3 Å². The topological polar surface area (TPSA) is 26.3 Å². The molecule has 0 fully saturated rings. The van der Waals surface area contributed by atoms with E-state index < -0.39 is 0 Å². The second kappa shape index (κ2) is 8.95. The van der Waals surface area contributed by atoms with Gasteiger partial charge in [-0.1, -0.05) is 32.9 Å². The first-order valence-corrected chi connectivity index (χ1v) is 12.3. The van der Waals surface area contributed by atoms with E-state index in [1.54, 1.807) is 12.1 Å². The number of hydrogen-bond donors (Lipinski definition) is 0. The normalized spacial score (nSPS) is 11.3. The Hall–Kier alpha value is -1.41. The van der Waals surface area contributed by atoms with Crippen LogP contribution in [-0.2, 0) is 5.41 Å². The number of esters is 1. The fourth-order valence-electron chi connectivity index (χ4n) is 2.67. The zero-order valence-corrected chi connectivity index (χ0v) is 20.7. The van der Waals surface area contributed by atoms with Gasteiger partial charge in [-0.15, -0.1) is 0 Å². The highest BCUT2D eigenvalue weighted by Crippen LogP contribution is 2.21. The Balaban J connectivity index is 1.70. The van der Waals surface area contributed by atoms with Crippen LogP contribution in [0.3, 0.4) is 0 Å². The van der Waals surface area contributed by atoms with Crippen molar-refractivity contribution in [2.24, 2.45) is 0 Å². The predicted octanol–water partition coefficient (Wildman–Crippen LogP) is 3.24. The van der Waals surface area contributed by atoms with E-state index >= 15 is 0 Å². The van der Waals surface area contributed by atoms with Gasteiger partial charge in [-0.3, -0.25) is 0 Å². The highest BCUT2D eigenvalue weighted by Gasteiger charge is 2.21. The molecule has 0 amide bonds. The minimum atomic E-state index is -0.323. The maximum Gasteiger partial charge on any atom is 0.358 e. The summed E-state index contributed by atoms with van der Waals surface area (Å²) < 4.78 is 9.37. The molecule has 3 aromatic rings. The third-order valence-corrected chi connectivity index (χ3v) is 8.19. The van der Waals surface area contributed by atoms with Gasteiger partial charge in [0, 0.05) is 9.13 Å². The molecule has 0 saturated carbocycles. The summed E-state index contributed by atoms with van der Waals surface area (Å²) in [6.45, 7) is 8.78. The van der Waals surface area contributed by atoms with Crippen LogP contribution in [0.25, 0.3) is 0 Å². The molecule has 0 aliphatic rings. The lowest BCUT2D eigenvalue weighted by Crippen LogP contribution is -3.61. The van der Waals surface area contributed by atoms with Gasteiger partial charge in [0.15, 0.2) is 7.14 Å². The zero-order chi connectivity index (χ0) is 20.3. The van der Waals surface area contributed by atoms with Crippen molar-refractivity contribution in [2.75, 3.05) is 0 Å². The summed E-state index contributed by atoms with van der Waals surface area (Å²) in [7, 11) is 0. The van der Waals surface area contributed by atoms with Crippen molar-refractivity contribution in [3.8, 4) is 5.75 Å². The van der Waals surface area contributed by atoms with Crippen molar-refractivity contribution in [3.63, 3.8) is 0 Å². The Morgan fingerprint density at radius 3 is 2.14 bits per heavy atom. The second-order valence-electron chi connectivity index (χ2n) is 7.66. The number of aryl methyl sites for hydroxylation is 1. The Bertz CT molecular complexity index is 969. The van der Waals surface area contributed by atoms with Crippen LogP contribution in [0.2, 0.25) is 0 Å². The van der Waals surface area contributed by atoms with E-state index in [0.717, 1.165) is 3.57 Å². The fourth-order valence-corrected chi connectivity index (χ4v) is 5.36. The molecular weight excluding hydrogens is 574 g/mol. The Morgan fingerprint density at radius 1 is 0.929 bits per heavy atom. The lowest BCUT2D eigenvalue weighted by Gasteiger charge is -2.18. The summed E-state index contributed by atoms with van der Waals surface area (Å²) >= 11 is 1.95. The molecule has 0 heterocycles. The van der Waals surface area contributed by atoms with Crippen molar-refractivity contribution in [2.45, 2.75) is 33.1 Å². The van der Waals surface area contributed by atoms with E-state index in [9.17, 15) is 4.79 Å². The highest BCUT2D eigenvalue weighted by molar-refractivity contribution is 14.1. The van der Waals surface area contributed by atoms with Crippen molar-refractivity contribution in [3.05, 3.63) is 94.1 Å². The van der Waals surface area contributed by atoms with Gasteiger partial charge in [0.05, 0.1) is 5.56 Å². The zero-order valence-electron chi connectivity index (χ0n) is 16.4. The Morgan fingerprint density at radius 2 is 1.57 bits per heavy atom. The number of benzene rings is 3. The quantitative estimate of drug-likeness (QED) is 0.263. The van der Waals surface area contributed by atoms with Gasteiger partial charge >= 0.3 is 27.2 Å². The monoisotopic (exact) mass is 597 g/mol. The number of halogens is 2. The molecule has 3 rings (SSSR count). The molecule has 28 heavy (non-hydrogen) atoms. The third-order valence-electron chi connectivity index (χ3n) is 4.34. The number of rotatable bonds is 4. The lowest BCUT2D eigenvalue weighted by atomic mass is 9.87. The fraction of sp³-hybridized carbons (Fsp3) is 0.208. The van der Waals surface area contributed by atoms with Crippen molar-refractivity contribution < 1.29 is 30.7 Å². The molecular formula is C24H23I2O2+. The third kappa shape index (κ3) is 5.56. The number of carbonyl (C=O) groups is 1. The molecule has 0 atom stereocenters. The van der Waals surface area contributed by atoms with Crippen LogP contribution in [0.15, 0.2) is 66.7 Å². The summed E-state index contributed by atoms with van der Waals surface area (Å²) in [4.78, 5) is 12.3. The molecule has 0 aromatic heterocycles. The van der Waals surface area contributed by atoms with Gasteiger partial charge in [-0.2, -0.15) is 0 Å². The van der Waals surface area contributed by atoms with Crippen molar-refractivity contribution >= 4 is 28.6 Å². The van der Waals surface area contributed by atoms with Crippen LogP contribution in [0.5, 0.6) is 5.75 Å². The Kier molecular flexibility index (Phi) is 6.81. The first-order chi connectivity index (χ1) is 13.2. The van der Waals surface area contributed by atoms with E-state index in [-0.39, 0.29) is 32.6 Å². The highest BCUT2D eigenvalue weighted by atomic mass is 127. The van der Waals surface area contributed by atoms with Crippen molar-refractivity contribution in [1.82, 2.24) is 0 Å². The van der Waals surface area contributed by atoms with E-state index in [1.807, 2.05) is 24.3 Å². The molecule has 0 unspecified atom stereocenters. The number of hydrogen-bond acceptors (Lipinski definition) is 2. The Labute approximate surface area is 191 Å². The minimum absolute atomic E-state index is 0.176. The van der Waals surface area contributed by atoms with Gasteiger partial charge in [0.1, 0.15) is 5.75 Å². The summed E-state index contributed by atoms with van der Waals surface area (Å²) in [5.74, 6) is 0.271. The maximum atomic E-state index is 12.3. The van der Waals surface area contributed by atoms with Crippen LogP contribution in [-0.4, -0.2) is 5.97 Å².